The zero-order chi connectivity index (χ0) is 19.6. The molecule has 0 aliphatic heterocycles. The van der Waals surface area contributed by atoms with Gasteiger partial charge in [-0.1, -0.05) is 12.1 Å². The first-order valence-electron chi connectivity index (χ1n) is 7.84. The van der Waals surface area contributed by atoms with Crippen LogP contribution in [-0.4, -0.2) is 32.6 Å². The molecule has 0 unspecified atom stereocenters. The summed E-state index contributed by atoms with van der Waals surface area (Å²) in [5.41, 5.74) is -0.0382. The van der Waals surface area contributed by atoms with Gasteiger partial charge in [0.15, 0.2) is 5.69 Å². The molecule has 7 nitrogen and oxygen atoms in total. The number of hydrogen-bond donors (Lipinski definition) is 1. The summed E-state index contributed by atoms with van der Waals surface area (Å²) in [6.07, 6.45) is -1.60. The summed E-state index contributed by atoms with van der Waals surface area (Å²) in [6, 6.07) is 8.12. The van der Waals surface area contributed by atoms with Crippen LogP contribution in [-0.2, 0) is 19.8 Å². The molecule has 0 bridgehead atoms. The van der Waals surface area contributed by atoms with Crippen LogP contribution in [0, 0.1) is 0 Å². The average molecular weight is 379 g/mol. The molecule has 0 spiro atoms. The van der Waals surface area contributed by atoms with Crippen LogP contribution in [0.4, 0.5) is 18.9 Å². The van der Waals surface area contributed by atoms with Gasteiger partial charge in [-0.15, -0.1) is 0 Å². The Hall–Kier alpha value is -3.30. The third-order valence-electron chi connectivity index (χ3n) is 3.77. The van der Waals surface area contributed by atoms with E-state index in [2.05, 4.69) is 15.5 Å². The smallest absolute Gasteiger partial charge is 0.433 e. The zero-order valence-corrected chi connectivity index (χ0v) is 14.5. The van der Waals surface area contributed by atoms with Gasteiger partial charge >= 0.3 is 6.18 Å². The van der Waals surface area contributed by atoms with Gasteiger partial charge in [0.25, 0.3) is 5.91 Å². The molecule has 0 radical (unpaired) electrons. The van der Waals surface area contributed by atoms with Crippen molar-refractivity contribution in [3.63, 3.8) is 0 Å². The highest BCUT2D eigenvalue weighted by Crippen LogP contribution is 2.29. The molecule has 0 aliphatic rings. The van der Waals surface area contributed by atoms with Crippen molar-refractivity contribution in [3.05, 3.63) is 59.7 Å². The first kappa shape index (κ1) is 18.5. The van der Waals surface area contributed by atoms with E-state index in [0.29, 0.717) is 28.7 Å². The highest BCUT2D eigenvalue weighted by atomic mass is 19.4. The Morgan fingerprint density at radius 2 is 2.07 bits per heavy atom. The van der Waals surface area contributed by atoms with Gasteiger partial charge < -0.3 is 10.1 Å². The normalized spacial score (nSPS) is 11.4. The number of nitrogens with one attached hydrogen (secondary N) is 1. The molecule has 1 amide bonds. The Morgan fingerprint density at radius 1 is 1.30 bits per heavy atom. The van der Waals surface area contributed by atoms with Gasteiger partial charge in [-0.25, -0.2) is 0 Å². The van der Waals surface area contributed by atoms with E-state index in [4.69, 9.17) is 4.74 Å². The van der Waals surface area contributed by atoms with Gasteiger partial charge in [0.1, 0.15) is 11.4 Å². The van der Waals surface area contributed by atoms with Crippen LogP contribution in [0.5, 0.6) is 5.75 Å². The van der Waals surface area contributed by atoms with Gasteiger partial charge in [0.05, 0.1) is 25.5 Å². The van der Waals surface area contributed by atoms with Crippen LogP contribution in [0.25, 0.3) is 0 Å². The number of methoxy groups -OCH3 is 1. The number of carbonyl (C=O) groups excluding carboxylic acids is 1. The first-order chi connectivity index (χ1) is 12.8. The van der Waals surface area contributed by atoms with Crippen LogP contribution in [0.2, 0.25) is 0 Å². The van der Waals surface area contributed by atoms with Gasteiger partial charge in [0, 0.05) is 19.3 Å². The second-order valence-corrected chi connectivity index (χ2v) is 5.77. The molecule has 0 saturated heterocycles. The molecule has 1 aromatic carbocycles. The molecule has 1 N–H and O–H groups in total. The van der Waals surface area contributed by atoms with Crippen molar-refractivity contribution in [1.82, 2.24) is 19.6 Å². The van der Waals surface area contributed by atoms with Crippen molar-refractivity contribution in [1.29, 1.82) is 0 Å². The number of rotatable bonds is 5. The molecule has 2 heterocycles. The lowest BCUT2D eigenvalue weighted by Gasteiger charge is -2.04. The molecule has 0 aliphatic carbocycles. The Kier molecular flexibility index (Phi) is 4.89. The van der Waals surface area contributed by atoms with Crippen molar-refractivity contribution in [3.8, 4) is 5.75 Å². The average Bonchev–Trinajstić information content (AvgIpc) is 3.21. The third kappa shape index (κ3) is 4.27. The lowest BCUT2D eigenvalue weighted by molar-refractivity contribution is -0.143. The molecule has 0 atom stereocenters. The predicted molar refractivity (Wildman–Crippen MR) is 90.5 cm³/mol. The van der Waals surface area contributed by atoms with Crippen molar-refractivity contribution in [2.24, 2.45) is 7.05 Å². The minimum absolute atomic E-state index is 0.328. The fourth-order valence-electron chi connectivity index (χ4n) is 2.51. The summed E-state index contributed by atoms with van der Waals surface area (Å²) in [5, 5.41) is 10.2. The molecular weight excluding hydrogens is 363 g/mol. The van der Waals surface area contributed by atoms with Gasteiger partial charge in [-0.2, -0.15) is 23.4 Å². The largest absolute Gasteiger partial charge is 0.497 e. The quantitative estimate of drug-likeness (QED) is 0.740. The minimum Gasteiger partial charge on any atom is -0.497 e. The highest BCUT2D eigenvalue weighted by Gasteiger charge is 2.35. The number of ether oxygens (including phenoxy) is 1. The standard InChI is InChI=1S/C17H16F3N5O2/c1-24-15(17(18,19)20)7-14(23-24)16(26)22-12-8-21-25(10-12)9-11-4-3-5-13(6-11)27-2/h3-8,10H,9H2,1-2H3,(H,22,26). The first-order valence-corrected chi connectivity index (χ1v) is 7.84. The second kappa shape index (κ2) is 7.14. The van der Waals surface area contributed by atoms with E-state index in [0.717, 1.165) is 12.6 Å². The maximum atomic E-state index is 12.8. The lowest BCUT2D eigenvalue weighted by atomic mass is 10.2. The maximum absolute atomic E-state index is 12.8. The monoisotopic (exact) mass is 379 g/mol. The summed E-state index contributed by atoms with van der Waals surface area (Å²) in [5.74, 6) is -0.0363. The number of hydrogen-bond acceptors (Lipinski definition) is 4. The number of anilines is 1. The summed E-state index contributed by atoms with van der Waals surface area (Å²) in [7, 11) is 2.70. The molecular formula is C17H16F3N5O2. The Balaban J connectivity index is 1.69. The molecule has 27 heavy (non-hydrogen) atoms. The lowest BCUT2D eigenvalue weighted by Crippen LogP contribution is -2.12. The SMILES string of the molecule is COc1cccc(Cn2cc(NC(=O)c3cc(C(F)(F)F)n(C)n3)cn2)c1. The van der Waals surface area contributed by atoms with Crippen LogP contribution < -0.4 is 10.1 Å². The van der Waals surface area contributed by atoms with Crippen molar-refractivity contribution >= 4 is 11.6 Å². The van der Waals surface area contributed by atoms with E-state index in [1.54, 1.807) is 18.0 Å². The van der Waals surface area contributed by atoms with E-state index in [1.807, 2.05) is 24.3 Å². The van der Waals surface area contributed by atoms with Crippen molar-refractivity contribution < 1.29 is 22.7 Å². The van der Waals surface area contributed by atoms with E-state index >= 15 is 0 Å². The van der Waals surface area contributed by atoms with Crippen molar-refractivity contribution in [2.45, 2.75) is 12.7 Å². The van der Waals surface area contributed by atoms with Crippen molar-refractivity contribution in [2.75, 3.05) is 12.4 Å². The Labute approximate surface area is 152 Å². The number of benzene rings is 1. The second-order valence-electron chi connectivity index (χ2n) is 5.77. The molecule has 2 aromatic heterocycles. The summed E-state index contributed by atoms with van der Waals surface area (Å²) in [6.45, 7) is 0.439. The number of alkyl halides is 3. The van der Waals surface area contributed by atoms with Crippen LogP contribution >= 0.6 is 0 Å². The molecule has 142 valence electrons. The van der Waals surface area contributed by atoms with E-state index in [-0.39, 0.29) is 5.69 Å². The summed E-state index contributed by atoms with van der Waals surface area (Å²) >= 11 is 0. The summed E-state index contributed by atoms with van der Waals surface area (Å²) < 4.78 is 45.8. The fourth-order valence-corrected chi connectivity index (χ4v) is 2.51. The maximum Gasteiger partial charge on any atom is 0.433 e. The minimum atomic E-state index is -4.58. The molecule has 0 saturated carbocycles. The zero-order valence-electron chi connectivity index (χ0n) is 14.5. The van der Waals surface area contributed by atoms with Gasteiger partial charge in [0.2, 0.25) is 0 Å². The molecule has 10 heteroatoms. The number of nitrogens with zero attached hydrogens (tertiary/aromatic N) is 4. The Bertz CT molecular complexity index is 962. The van der Waals surface area contributed by atoms with Gasteiger partial charge in [-0.05, 0) is 17.7 Å². The van der Waals surface area contributed by atoms with Crippen LogP contribution in [0.15, 0.2) is 42.7 Å². The topological polar surface area (TPSA) is 74.0 Å². The fraction of sp³-hybridized carbons (Fsp3) is 0.235. The van der Waals surface area contributed by atoms with Crippen LogP contribution in [0.3, 0.4) is 0 Å². The number of aryl methyl sites for hydroxylation is 1. The van der Waals surface area contributed by atoms with Gasteiger partial charge in [-0.3, -0.25) is 14.2 Å². The highest BCUT2D eigenvalue weighted by molar-refractivity contribution is 6.02. The number of carbonyl (C=O) groups is 1. The van der Waals surface area contributed by atoms with E-state index < -0.39 is 17.8 Å². The number of aromatic nitrogens is 4. The molecule has 3 aromatic rings. The molecule has 3 rings (SSSR count). The van der Waals surface area contributed by atoms with E-state index in [9.17, 15) is 18.0 Å². The van der Waals surface area contributed by atoms with E-state index in [1.165, 1.54) is 6.20 Å². The number of halogens is 3. The number of amides is 1. The Morgan fingerprint density at radius 3 is 2.74 bits per heavy atom. The predicted octanol–water partition coefficient (Wildman–Crippen LogP) is 2.94. The molecule has 0 fully saturated rings. The van der Waals surface area contributed by atoms with Crippen LogP contribution in [0.1, 0.15) is 21.7 Å². The summed E-state index contributed by atoms with van der Waals surface area (Å²) in [4.78, 5) is 12.1. The third-order valence-corrected chi connectivity index (χ3v) is 3.77.